The number of benzene rings is 2. The highest BCUT2D eigenvalue weighted by Gasteiger charge is 2.25. The molecule has 1 saturated heterocycles. The Hall–Kier alpha value is -2.59. The van der Waals surface area contributed by atoms with E-state index in [9.17, 15) is 17.6 Å². The van der Waals surface area contributed by atoms with Crippen LogP contribution in [0.5, 0.6) is 0 Å². The van der Waals surface area contributed by atoms with E-state index in [0.717, 1.165) is 16.0 Å². The molecule has 2 aromatic carbocycles. The van der Waals surface area contributed by atoms with Crippen LogP contribution in [0.2, 0.25) is 0 Å². The minimum absolute atomic E-state index is 0.118. The summed E-state index contributed by atoms with van der Waals surface area (Å²) in [6, 6.07) is 16.9. The van der Waals surface area contributed by atoms with E-state index in [0.29, 0.717) is 36.7 Å². The van der Waals surface area contributed by atoms with Gasteiger partial charge in [-0.05, 0) is 41.0 Å². The molecule has 1 aliphatic rings. The van der Waals surface area contributed by atoms with Crippen LogP contribution in [-0.4, -0.2) is 44.9 Å². The number of nitrogens with zero attached hydrogens (tertiary/aromatic N) is 1. The molecule has 0 spiro atoms. The number of carbonyl (C=O) groups is 1. The van der Waals surface area contributed by atoms with Crippen LogP contribution in [0, 0.1) is 5.82 Å². The Morgan fingerprint density at radius 2 is 1.69 bits per heavy atom. The second-order valence-electron chi connectivity index (χ2n) is 7.39. The third kappa shape index (κ3) is 5.42. The van der Waals surface area contributed by atoms with Crippen molar-refractivity contribution in [3.8, 4) is 10.4 Å². The van der Waals surface area contributed by atoms with Gasteiger partial charge in [-0.1, -0.05) is 36.4 Å². The number of halogens is 1. The maximum atomic E-state index is 13.1. The zero-order valence-corrected chi connectivity index (χ0v) is 18.9. The van der Waals surface area contributed by atoms with Gasteiger partial charge in [0.15, 0.2) is 0 Å². The SMILES string of the molecule is O=C(NCc1ccccc1CS(=O)(=O)N1CCOCC1)c1ccc(-c2ccc(F)cc2)s1. The lowest BCUT2D eigenvalue weighted by atomic mass is 10.1. The highest BCUT2D eigenvalue weighted by molar-refractivity contribution is 7.88. The summed E-state index contributed by atoms with van der Waals surface area (Å²) in [5.41, 5.74) is 2.26. The molecule has 0 bridgehead atoms. The average molecular weight is 475 g/mol. The van der Waals surface area contributed by atoms with Gasteiger partial charge in [-0.3, -0.25) is 4.79 Å². The van der Waals surface area contributed by atoms with Gasteiger partial charge in [-0.2, -0.15) is 4.31 Å². The lowest BCUT2D eigenvalue weighted by molar-refractivity contribution is 0.0729. The Bertz CT molecular complexity index is 1190. The van der Waals surface area contributed by atoms with Crippen molar-refractivity contribution in [2.75, 3.05) is 26.3 Å². The lowest BCUT2D eigenvalue weighted by Gasteiger charge is -2.26. The van der Waals surface area contributed by atoms with Crippen molar-refractivity contribution in [1.82, 2.24) is 9.62 Å². The zero-order valence-electron chi connectivity index (χ0n) is 17.3. The molecule has 9 heteroatoms. The van der Waals surface area contributed by atoms with Gasteiger partial charge in [-0.25, -0.2) is 12.8 Å². The number of hydrogen-bond donors (Lipinski definition) is 1. The van der Waals surface area contributed by atoms with Gasteiger partial charge in [0, 0.05) is 24.5 Å². The molecular formula is C23H23FN2O4S2. The van der Waals surface area contributed by atoms with Crippen molar-refractivity contribution in [2.24, 2.45) is 0 Å². The van der Waals surface area contributed by atoms with Crippen LogP contribution in [0.4, 0.5) is 4.39 Å². The zero-order chi connectivity index (χ0) is 22.6. The molecule has 0 aliphatic carbocycles. The number of rotatable bonds is 7. The molecule has 1 aliphatic heterocycles. The van der Waals surface area contributed by atoms with Crippen LogP contribution in [0.25, 0.3) is 10.4 Å². The number of nitrogens with one attached hydrogen (secondary N) is 1. The van der Waals surface area contributed by atoms with Crippen LogP contribution in [0.15, 0.2) is 60.7 Å². The van der Waals surface area contributed by atoms with Crippen molar-refractivity contribution >= 4 is 27.3 Å². The van der Waals surface area contributed by atoms with Gasteiger partial charge < -0.3 is 10.1 Å². The van der Waals surface area contributed by atoms with E-state index in [1.807, 2.05) is 18.2 Å². The Kier molecular flexibility index (Phi) is 7.00. The van der Waals surface area contributed by atoms with Crippen LogP contribution in [0.3, 0.4) is 0 Å². The van der Waals surface area contributed by atoms with Crippen LogP contribution < -0.4 is 5.32 Å². The topological polar surface area (TPSA) is 75.7 Å². The van der Waals surface area contributed by atoms with E-state index in [1.54, 1.807) is 30.3 Å². The Balaban J connectivity index is 1.42. The summed E-state index contributed by atoms with van der Waals surface area (Å²) in [5, 5.41) is 2.88. The van der Waals surface area contributed by atoms with Gasteiger partial charge in [-0.15, -0.1) is 11.3 Å². The summed E-state index contributed by atoms with van der Waals surface area (Å²) >= 11 is 1.32. The molecule has 0 saturated carbocycles. The maximum absolute atomic E-state index is 13.1. The molecule has 6 nitrogen and oxygen atoms in total. The van der Waals surface area contributed by atoms with Crippen molar-refractivity contribution in [3.63, 3.8) is 0 Å². The van der Waals surface area contributed by atoms with Crippen LogP contribution in [0.1, 0.15) is 20.8 Å². The molecule has 1 fully saturated rings. The molecule has 1 amide bonds. The number of hydrogen-bond acceptors (Lipinski definition) is 5. The largest absolute Gasteiger partial charge is 0.379 e. The molecular weight excluding hydrogens is 451 g/mol. The van der Waals surface area contributed by atoms with E-state index in [2.05, 4.69) is 5.32 Å². The van der Waals surface area contributed by atoms with Crippen molar-refractivity contribution in [1.29, 1.82) is 0 Å². The molecule has 0 atom stereocenters. The van der Waals surface area contributed by atoms with Gasteiger partial charge in [0.25, 0.3) is 5.91 Å². The van der Waals surface area contributed by atoms with E-state index in [1.165, 1.54) is 27.8 Å². The summed E-state index contributed by atoms with van der Waals surface area (Å²) in [5.74, 6) is -0.668. The summed E-state index contributed by atoms with van der Waals surface area (Å²) in [6.45, 7) is 1.73. The smallest absolute Gasteiger partial charge is 0.261 e. The number of amides is 1. The van der Waals surface area contributed by atoms with Crippen molar-refractivity contribution in [2.45, 2.75) is 12.3 Å². The number of ether oxygens (including phenoxy) is 1. The third-order valence-electron chi connectivity index (χ3n) is 5.22. The van der Waals surface area contributed by atoms with Gasteiger partial charge >= 0.3 is 0 Å². The normalized spacial score (nSPS) is 14.9. The summed E-state index contributed by atoms with van der Waals surface area (Å²) in [6.07, 6.45) is 0. The molecule has 168 valence electrons. The summed E-state index contributed by atoms with van der Waals surface area (Å²) in [7, 11) is -3.46. The Morgan fingerprint density at radius 1 is 1.00 bits per heavy atom. The minimum Gasteiger partial charge on any atom is -0.379 e. The van der Waals surface area contributed by atoms with Gasteiger partial charge in [0.2, 0.25) is 10.0 Å². The summed E-state index contributed by atoms with van der Waals surface area (Å²) in [4.78, 5) is 14.1. The predicted molar refractivity (Wildman–Crippen MR) is 122 cm³/mol. The Labute approximate surface area is 190 Å². The van der Waals surface area contributed by atoms with E-state index >= 15 is 0 Å². The van der Waals surface area contributed by atoms with Crippen LogP contribution in [-0.2, 0) is 27.1 Å². The van der Waals surface area contributed by atoms with Gasteiger partial charge in [0.1, 0.15) is 5.82 Å². The highest BCUT2D eigenvalue weighted by atomic mass is 32.2. The van der Waals surface area contributed by atoms with Crippen LogP contribution >= 0.6 is 11.3 Å². The average Bonchev–Trinajstić information content (AvgIpc) is 3.30. The molecule has 0 unspecified atom stereocenters. The molecule has 3 aromatic rings. The molecule has 4 rings (SSSR count). The quantitative estimate of drug-likeness (QED) is 0.567. The number of sulfonamides is 1. The molecule has 0 radical (unpaired) electrons. The lowest BCUT2D eigenvalue weighted by Crippen LogP contribution is -2.41. The number of carbonyl (C=O) groups excluding carboxylic acids is 1. The first-order valence-corrected chi connectivity index (χ1v) is 12.6. The fourth-order valence-electron chi connectivity index (χ4n) is 3.48. The van der Waals surface area contributed by atoms with E-state index in [4.69, 9.17) is 4.74 Å². The molecule has 1 N–H and O–H groups in total. The minimum atomic E-state index is -3.46. The number of morpholine rings is 1. The molecule has 32 heavy (non-hydrogen) atoms. The highest BCUT2D eigenvalue weighted by Crippen LogP contribution is 2.28. The maximum Gasteiger partial charge on any atom is 0.261 e. The second-order valence-corrected chi connectivity index (χ2v) is 10.4. The fraction of sp³-hybridized carbons (Fsp3) is 0.261. The number of thiophene rings is 1. The molecule has 2 heterocycles. The second kappa shape index (κ2) is 9.91. The Morgan fingerprint density at radius 3 is 2.41 bits per heavy atom. The molecule has 1 aromatic heterocycles. The summed E-state index contributed by atoms with van der Waals surface area (Å²) < 4.78 is 45.4. The third-order valence-corrected chi connectivity index (χ3v) is 8.18. The first-order chi connectivity index (χ1) is 15.4. The van der Waals surface area contributed by atoms with Crippen molar-refractivity contribution in [3.05, 3.63) is 82.5 Å². The predicted octanol–water partition coefficient (Wildman–Crippen LogP) is 3.65. The monoisotopic (exact) mass is 474 g/mol. The van der Waals surface area contributed by atoms with E-state index < -0.39 is 10.0 Å². The first-order valence-electron chi connectivity index (χ1n) is 10.2. The standard InChI is InChI=1S/C23H23FN2O4S2/c24-20-7-5-17(6-8-20)21-9-10-22(31-21)23(27)25-15-18-3-1-2-4-19(18)16-32(28,29)26-11-13-30-14-12-26/h1-10H,11-16H2,(H,25,27). The van der Waals surface area contributed by atoms with Crippen molar-refractivity contribution < 1.29 is 22.3 Å². The first kappa shape index (κ1) is 22.6. The fourth-order valence-corrected chi connectivity index (χ4v) is 5.97. The van der Waals surface area contributed by atoms with E-state index in [-0.39, 0.29) is 24.0 Å². The van der Waals surface area contributed by atoms with Gasteiger partial charge in [0.05, 0.1) is 23.8 Å².